The summed E-state index contributed by atoms with van der Waals surface area (Å²) in [6, 6.07) is 12.0. The van der Waals surface area contributed by atoms with E-state index in [1.54, 1.807) is 18.0 Å². The molecule has 0 spiro atoms. The maximum atomic E-state index is 6.11. The van der Waals surface area contributed by atoms with E-state index in [9.17, 15) is 0 Å². The molecule has 3 rings (SSSR count). The lowest BCUT2D eigenvalue weighted by Gasteiger charge is -2.11. The largest absolute Gasteiger partial charge is 0.321 e. The lowest BCUT2D eigenvalue weighted by molar-refractivity contribution is 0.706. The third-order valence-electron chi connectivity index (χ3n) is 3.45. The molecule has 3 nitrogen and oxygen atoms in total. The smallest absolute Gasteiger partial charge is 0.103 e. The van der Waals surface area contributed by atoms with Gasteiger partial charge in [-0.1, -0.05) is 49.3 Å². The van der Waals surface area contributed by atoms with Crippen LogP contribution in [-0.2, 0) is 6.54 Å². The predicted octanol–water partition coefficient (Wildman–Crippen LogP) is 5.25. The number of aromatic nitrogens is 3. The van der Waals surface area contributed by atoms with E-state index in [-0.39, 0.29) is 0 Å². The van der Waals surface area contributed by atoms with Gasteiger partial charge in [-0.05, 0) is 35.7 Å². The number of rotatable bonds is 5. The fraction of sp³-hybridized carbons (Fsp3) is 0.222. The monoisotopic (exact) mass is 343 g/mol. The van der Waals surface area contributed by atoms with Crippen LogP contribution in [0.25, 0.3) is 0 Å². The molecule has 0 N–H and O–H groups in total. The Morgan fingerprint density at radius 3 is 2.78 bits per heavy atom. The molecule has 3 aromatic rings. The van der Waals surface area contributed by atoms with Crippen molar-refractivity contribution in [3.8, 4) is 0 Å². The molecule has 1 aromatic carbocycles. The first-order valence-corrected chi connectivity index (χ1v) is 8.70. The molecule has 2 aromatic heterocycles. The van der Waals surface area contributed by atoms with Gasteiger partial charge in [0.2, 0.25) is 0 Å². The van der Waals surface area contributed by atoms with Crippen LogP contribution in [0.3, 0.4) is 0 Å². The molecule has 0 radical (unpaired) electrons. The summed E-state index contributed by atoms with van der Waals surface area (Å²) in [5, 5.41) is 1.91. The van der Waals surface area contributed by atoms with Gasteiger partial charge in [0.25, 0.3) is 0 Å². The quantitative estimate of drug-likeness (QED) is 0.633. The van der Waals surface area contributed by atoms with Gasteiger partial charge in [0, 0.05) is 22.3 Å². The van der Waals surface area contributed by atoms with E-state index in [4.69, 9.17) is 11.6 Å². The van der Waals surface area contributed by atoms with E-state index in [0.717, 1.165) is 32.7 Å². The Bertz CT molecular complexity index is 784. The van der Waals surface area contributed by atoms with Crippen LogP contribution in [0.15, 0.2) is 65.0 Å². The number of halogens is 1. The standard InChI is InChI=1S/C18H18ClN3S/c1-13(2)17-18(23-16-7-3-6-15(19)9-16)22(12-21-17)11-14-5-4-8-20-10-14/h3-10,12-13H,11H2,1-2H3. The van der Waals surface area contributed by atoms with Crippen molar-refractivity contribution in [2.24, 2.45) is 0 Å². The van der Waals surface area contributed by atoms with Gasteiger partial charge in [-0.3, -0.25) is 4.98 Å². The van der Waals surface area contributed by atoms with Crippen LogP contribution < -0.4 is 0 Å². The van der Waals surface area contributed by atoms with Crippen LogP contribution in [0.5, 0.6) is 0 Å². The Hall–Kier alpha value is -1.78. The molecule has 0 aliphatic rings. The van der Waals surface area contributed by atoms with Gasteiger partial charge in [0.1, 0.15) is 5.03 Å². The summed E-state index contributed by atoms with van der Waals surface area (Å²) in [6.45, 7) is 5.09. The first-order valence-electron chi connectivity index (χ1n) is 7.51. The Labute approximate surface area is 145 Å². The number of nitrogens with zero attached hydrogens (tertiary/aromatic N) is 3. The van der Waals surface area contributed by atoms with Crippen molar-refractivity contribution in [2.75, 3.05) is 0 Å². The highest BCUT2D eigenvalue weighted by atomic mass is 35.5. The molecule has 0 saturated carbocycles. The minimum atomic E-state index is 0.367. The molecule has 2 heterocycles. The van der Waals surface area contributed by atoms with Gasteiger partial charge in [-0.15, -0.1) is 0 Å². The van der Waals surface area contributed by atoms with Crippen LogP contribution in [0.1, 0.15) is 31.0 Å². The van der Waals surface area contributed by atoms with E-state index in [1.165, 1.54) is 0 Å². The summed E-state index contributed by atoms with van der Waals surface area (Å²) in [4.78, 5) is 9.93. The van der Waals surface area contributed by atoms with E-state index >= 15 is 0 Å². The minimum absolute atomic E-state index is 0.367. The van der Waals surface area contributed by atoms with Gasteiger partial charge in [0.15, 0.2) is 0 Å². The zero-order chi connectivity index (χ0) is 16.2. The second kappa shape index (κ2) is 7.20. The molecule has 118 valence electrons. The number of hydrogen-bond acceptors (Lipinski definition) is 3. The SMILES string of the molecule is CC(C)c1ncn(Cc2cccnc2)c1Sc1cccc(Cl)c1. The van der Waals surface area contributed by atoms with Gasteiger partial charge in [-0.2, -0.15) is 0 Å². The molecular weight excluding hydrogens is 326 g/mol. The molecule has 5 heteroatoms. The van der Waals surface area contributed by atoms with Gasteiger partial charge in [-0.25, -0.2) is 4.98 Å². The molecule has 23 heavy (non-hydrogen) atoms. The highest BCUT2D eigenvalue weighted by Gasteiger charge is 2.16. The average Bonchev–Trinajstić information content (AvgIpc) is 2.91. The Morgan fingerprint density at radius 2 is 2.09 bits per heavy atom. The van der Waals surface area contributed by atoms with Crippen LogP contribution in [0.4, 0.5) is 0 Å². The predicted molar refractivity (Wildman–Crippen MR) is 95.2 cm³/mol. The molecule has 0 fully saturated rings. The van der Waals surface area contributed by atoms with Crippen molar-refractivity contribution in [3.05, 3.63) is 71.4 Å². The summed E-state index contributed by atoms with van der Waals surface area (Å²) in [7, 11) is 0. The molecule has 0 aliphatic heterocycles. The molecule has 0 aliphatic carbocycles. The summed E-state index contributed by atoms with van der Waals surface area (Å²) in [5.74, 6) is 0.367. The van der Waals surface area contributed by atoms with E-state index in [1.807, 2.05) is 36.8 Å². The first-order chi connectivity index (χ1) is 11.1. The van der Waals surface area contributed by atoms with Gasteiger partial charge < -0.3 is 4.57 Å². The summed E-state index contributed by atoms with van der Waals surface area (Å²) in [6.07, 6.45) is 5.59. The van der Waals surface area contributed by atoms with Crippen LogP contribution >= 0.6 is 23.4 Å². The van der Waals surface area contributed by atoms with Crippen molar-refractivity contribution in [1.82, 2.24) is 14.5 Å². The summed E-state index contributed by atoms with van der Waals surface area (Å²) >= 11 is 7.82. The highest BCUT2D eigenvalue weighted by molar-refractivity contribution is 7.99. The normalized spacial score (nSPS) is 11.1. The fourth-order valence-electron chi connectivity index (χ4n) is 2.34. The average molecular weight is 344 g/mol. The van der Waals surface area contributed by atoms with Gasteiger partial charge in [0.05, 0.1) is 18.6 Å². The maximum Gasteiger partial charge on any atom is 0.103 e. The molecule has 0 amide bonds. The topological polar surface area (TPSA) is 30.7 Å². The lowest BCUT2D eigenvalue weighted by Crippen LogP contribution is -2.01. The van der Waals surface area contributed by atoms with Crippen LogP contribution in [-0.4, -0.2) is 14.5 Å². The van der Waals surface area contributed by atoms with Crippen molar-refractivity contribution >= 4 is 23.4 Å². The van der Waals surface area contributed by atoms with Crippen molar-refractivity contribution < 1.29 is 0 Å². The maximum absolute atomic E-state index is 6.11. The van der Waals surface area contributed by atoms with Crippen molar-refractivity contribution in [1.29, 1.82) is 0 Å². The van der Waals surface area contributed by atoms with Crippen LogP contribution in [0, 0.1) is 0 Å². The zero-order valence-electron chi connectivity index (χ0n) is 13.1. The van der Waals surface area contributed by atoms with Gasteiger partial charge >= 0.3 is 0 Å². The second-order valence-corrected chi connectivity index (χ2v) is 7.14. The molecule has 0 unspecified atom stereocenters. The number of imidazole rings is 1. The van der Waals surface area contributed by atoms with E-state index in [2.05, 4.69) is 40.5 Å². The molecule has 0 atom stereocenters. The van der Waals surface area contributed by atoms with Crippen molar-refractivity contribution in [3.63, 3.8) is 0 Å². The number of pyridine rings is 1. The molecular formula is C18H18ClN3S. The number of hydrogen-bond donors (Lipinski definition) is 0. The minimum Gasteiger partial charge on any atom is -0.321 e. The summed E-state index contributed by atoms with van der Waals surface area (Å²) < 4.78 is 2.18. The molecule has 0 saturated heterocycles. The van der Waals surface area contributed by atoms with E-state index in [0.29, 0.717) is 5.92 Å². The third-order valence-corrected chi connectivity index (χ3v) is 4.81. The number of benzene rings is 1. The first kappa shape index (κ1) is 16.1. The fourth-order valence-corrected chi connectivity index (χ4v) is 3.77. The molecule has 0 bridgehead atoms. The zero-order valence-corrected chi connectivity index (χ0v) is 14.7. The Morgan fingerprint density at radius 1 is 1.22 bits per heavy atom. The third kappa shape index (κ3) is 3.95. The second-order valence-electron chi connectivity index (χ2n) is 5.64. The van der Waals surface area contributed by atoms with Crippen LogP contribution in [0.2, 0.25) is 5.02 Å². The lowest BCUT2D eigenvalue weighted by atomic mass is 10.1. The summed E-state index contributed by atoms with van der Waals surface area (Å²) in [5.41, 5.74) is 2.27. The van der Waals surface area contributed by atoms with E-state index < -0.39 is 0 Å². The Balaban J connectivity index is 1.94. The highest BCUT2D eigenvalue weighted by Crippen LogP contribution is 2.34. The van der Waals surface area contributed by atoms with Crippen molar-refractivity contribution in [2.45, 2.75) is 36.2 Å². The Kier molecular flexibility index (Phi) is 5.03.